The van der Waals surface area contributed by atoms with Crippen LogP contribution in [0.25, 0.3) is 0 Å². The van der Waals surface area contributed by atoms with Gasteiger partial charge in [-0.3, -0.25) is 4.98 Å². The number of anilines is 1. The van der Waals surface area contributed by atoms with Gasteiger partial charge in [-0.15, -0.1) is 0 Å². The number of hydrogen-bond acceptors (Lipinski definition) is 3. The van der Waals surface area contributed by atoms with Crippen LogP contribution in [-0.2, 0) is 13.0 Å². The third-order valence-electron chi connectivity index (χ3n) is 3.03. The predicted octanol–water partition coefficient (Wildman–Crippen LogP) is 2.87. The van der Waals surface area contributed by atoms with Gasteiger partial charge in [0.2, 0.25) is 0 Å². The molecular weight excluding hydrogens is 258 g/mol. The van der Waals surface area contributed by atoms with Crippen molar-refractivity contribution in [3.05, 3.63) is 58.9 Å². The van der Waals surface area contributed by atoms with Crippen LogP contribution < -0.4 is 10.6 Å². The zero-order chi connectivity index (χ0) is 13.7. The monoisotopic (exact) mass is 275 g/mol. The molecule has 4 heteroatoms. The summed E-state index contributed by atoms with van der Waals surface area (Å²) in [4.78, 5) is 6.15. The Labute approximate surface area is 119 Å². The second-order valence-electron chi connectivity index (χ2n) is 4.54. The fourth-order valence-corrected chi connectivity index (χ4v) is 2.38. The van der Waals surface area contributed by atoms with Crippen molar-refractivity contribution in [2.75, 3.05) is 18.5 Å². The molecule has 0 bridgehead atoms. The Balaban J connectivity index is 2.13. The molecule has 0 saturated carbocycles. The van der Waals surface area contributed by atoms with Crippen LogP contribution in [0.1, 0.15) is 11.1 Å². The molecule has 0 fully saturated rings. The Morgan fingerprint density at radius 2 is 1.89 bits per heavy atom. The molecule has 2 aromatic rings. The summed E-state index contributed by atoms with van der Waals surface area (Å²) >= 11 is 6.33. The van der Waals surface area contributed by atoms with Crippen LogP contribution >= 0.6 is 11.6 Å². The molecule has 0 spiro atoms. The molecule has 3 nitrogen and oxygen atoms in total. The largest absolute Gasteiger partial charge is 0.369 e. The second kappa shape index (κ2) is 6.55. The van der Waals surface area contributed by atoms with E-state index in [9.17, 15) is 0 Å². The molecule has 1 heterocycles. The van der Waals surface area contributed by atoms with E-state index in [1.807, 2.05) is 25.2 Å². The molecule has 0 atom stereocenters. The summed E-state index contributed by atoms with van der Waals surface area (Å²) in [5.41, 5.74) is 8.96. The lowest BCUT2D eigenvalue weighted by atomic mass is 10.1. The Morgan fingerprint density at radius 3 is 2.53 bits per heavy atom. The fourth-order valence-electron chi connectivity index (χ4n) is 2.03. The zero-order valence-corrected chi connectivity index (χ0v) is 11.8. The van der Waals surface area contributed by atoms with Crippen molar-refractivity contribution >= 4 is 17.3 Å². The summed E-state index contributed by atoms with van der Waals surface area (Å²) < 4.78 is 0. The lowest BCUT2D eigenvalue weighted by molar-refractivity contribution is 0.916. The molecular formula is C15H18ClN3. The number of pyridine rings is 1. The van der Waals surface area contributed by atoms with E-state index in [0.717, 1.165) is 23.7 Å². The van der Waals surface area contributed by atoms with Gasteiger partial charge in [0.25, 0.3) is 0 Å². The number of hydrogen-bond donors (Lipinski definition) is 1. The van der Waals surface area contributed by atoms with Gasteiger partial charge in [0.15, 0.2) is 0 Å². The average Bonchev–Trinajstić information content (AvgIpc) is 2.40. The van der Waals surface area contributed by atoms with Gasteiger partial charge in [0, 0.05) is 26.0 Å². The standard InChI is InChI=1S/C15H18ClN3/c1-19(11-13-5-8-18-9-6-13)15-3-2-12(4-7-17)10-14(15)16/h2-3,5-6,8-10H,4,7,11,17H2,1H3. The van der Waals surface area contributed by atoms with E-state index in [-0.39, 0.29) is 0 Å². The third kappa shape index (κ3) is 3.69. The first-order chi connectivity index (χ1) is 9.20. The van der Waals surface area contributed by atoms with Crippen LogP contribution in [0.15, 0.2) is 42.7 Å². The molecule has 100 valence electrons. The van der Waals surface area contributed by atoms with Gasteiger partial charge in [-0.2, -0.15) is 0 Å². The van der Waals surface area contributed by atoms with Crippen LogP contribution in [0.4, 0.5) is 5.69 Å². The number of nitrogens with two attached hydrogens (primary N) is 1. The molecule has 0 radical (unpaired) electrons. The minimum absolute atomic E-state index is 0.641. The molecule has 0 amide bonds. The van der Waals surface area contributed by atoms with Crippen LogP contribution in [-0.4, -0.2) is 18.6 Å². The predicted molar refractivity (Wildman–Crippen MR) is 80.6 cm³/mol. The molecule has 1 aromatic carbocycles. The first kappa shape index (κ1) is 13.8. The van der Waals surface area contributed by atoms with Crippen LogP contribution in [0.5, 0.6) is 0 Å². The molecule has 0 aliphatic heterocycles. The normalized spacial score (nSPS) is 10.5. The van der Waals surface area contributed by atoms with Gasteiger partial charge in [-0.05, 0) is 48.4 Å². The quantitative estimate of drug-likeness (QED) is 0.912. The average molecular weight is 276 g/mol. The molecule has 0 unspecified atom stereocenters. The van der Waals surface area contributed by atoms with Crippen molar-refractivity contribution in [3.63, 3.8) is 0 Å². The number of aromatic nitrogens is 1. The summed E-state index contributed by atoms with van der Waals surface area (Å²) in [7, 11) is 2.03. The maximum atomic E-state index is 6.33. The van der Waals surface area contributed by atoms with Crippen molar-refractivity contribution in [3.8, 4) is 0 Å². The van der Waals surface area contributed by atoms with E-state index in [2.05, 4.69) is 22.0 Å². The van der Waals surface area contributed by atoms with Gasteiger partial charge in [-0.25, -0.2) is 0 Å². The van der Waals surface area contributed by atoms with Gasteiger partial charge < -0.3 is 10.6 Å². The summed E-state index contributed by atoms with van der Waals surface area (Å²) in [6.45, 7) is 1.45. The Bertz CT molecular complexity index is 528. The van der Waals surface area contributed by atoms with E-state index in [1.165, 1.54) is 11.1 Å². The maximum absolute atomic E-state index is 6.33. The summed E-state index contributed by atoms with van der Waals surface area (Å²) in [5, 5.41) is 0.766. The number of benzene rings is 1. The van der Waals surface area contributed by atoms with Crippen LogP contribution in [0.3, 0.4) is 0 Å². The first-order valence-corrected chi connectivity index (χ1v) is 6.67. The maximum Gasteiger partial charge on any atom is 0.0642 e. The van der Waals surface area contributed by atoms with Crippen molar-refractivity contribution < 1.29 is 0 Å². The number of rotatable bonds is 5. The zero-order valence-electron chi connectivity index (χ0n) is 11.0. The van der Waals surface area contributed by atoms with Gasteiger partial charge in [-0.1, -0.05) is 17.7 Å². The minimum Gasteiger partial charge on any atom is -0.369 e. The molecule has 2 rings (SSSR count). The van der Waals surface area contributed by atoms with Crippen molar-refractivity contribution in [2.45, 2.75) is 13.0 Å². The number of halogens is 1. The highest BCUT2D eigenvalue weighted by atomic mass is 35.5. The molecule has 0 saturated heterocycles. The SMILES string of the molecule is CN(Cc1ccncc1)c1ccc(CCN)cc1Cl. The molecule has 19 heavy (non-hydrogen) atoms. The van der Waals surface area contributed by atoms with E-state index >= 15 is 0 Å². The highest BCUT2D eigenvalue weighted by molar-refractivity contribution is 6.33. The molecule has 0 aliphatic carbocycles. The number of nitrogens with zero attached hydrogens (tertiary/aromatic N) is 2. The van der Waals surface area contributed by atoms with Gasteiger partial charge in [0.05, 0.1) is 10.7 Å². The minimum atomic E-state index is 0.641. The lowest BCUT2D eigenvalue weighted by Gasteiger charge is -2.21. The van der Waals surface area contributed by atoms with E-state index in [1.54, 1.807) is 12.4 Å². The fraction of sp³-hybridized carbons (Fsp3) is 0.267. The lowest BCUT2D eigenvalue weighted by Crippen LogP contribution is -2.17. The highest BCUT2D eigenvalue weighted by Gasteiger charge is 2.07. The smallest absolute Gasteiger partial charge is 0.0642 e. The topological polar surface area (TPSA) is 42.2 Å². The van der Waals surface area contributed by atoms with Gasteiger partial charge in [0.1, 0.15) is 0 Å². The van der Waals surface area contributed by atoms with Gasteiger partial charge >= 0.3 is 0 Å². The Hall–Kier alpha value is -1.58. The van der Waals surface area contributed by atoms with Crippen molar-refractivity contribution in [2.24, 2.45) is 5.73 Å². The van der Waals surface area contributed by atoms with E-state index in [4.69, 9.17) is 17.3 Å². The van der Waals surface area contributed by atoms with E-state index in [0.29, 0.717) is 6.54 Å². The highest BCUT2D eigenvalue weighted by Crippen LogP contribution is 2.27. The molecule has 2 N–H and O–H groups in total. The second-order valence-corrected chi connectivity index (χ2v) is 4.94. The summed E-state index contributed by atoms with van der Waals surface area (Å²) in [6.07, 6.45) is 4.46. The first-order valence-electron chi connectivity index (χ1n) is 6.29. The van der Waals surface area contributed by atoms with E-state index < -0.39 is 0 Å². The Morgan fingerprint density at radius 1 is 1.16 bits per heavy atom. The van der Waals surface area contributed by atoms with Crippen LogP contribution in [0.2, 0.25) is 5.02 Å². The third-order valence-corrected chi connectivity index (χ3v) is 3.33. The van der Waals surface area contributed by atoms with Crippen molar-refractivity contribution in [1.82, 2.24) is 4.98 Å². The van der Waals surface area contributed by atoms with Crippen LogP contribution in [0, 0.1) is 0 Å². The Kier molecular flexibility index (Phi) is 4.77. The summed E-state index contributed by atoms with van der Waals surface area (Å²) in [6, 6.07) is 10.1. The molecule has 1 aromatic heterocycles. The summed E-state index contributed by atoms with van der Waals surface area (Å²) in [5.74, 6) is 0. The molecule has 0 aliphatic rings. The van der Waals surface area contributed by atoms with Crippen molar-refractivity contribution in [1.29, 1.82) is 0 Å².